The van der Waals surface area contributed by atoms with Gasteiger partial charge < -0.3 is 10.1 Å². The minimum Gasteiger partial charge on any atom is -0.322 e. The number of carbonyl (C=O) groups is 3. The van der Waals surface area contributed by atoms with Gasteiger partial charge in [0.05, 0.1) is 0 Å². The van der Waals surface area contributed by atoms with E-state index in [-0.39, 0.29) is 11.7 Å². The number of benzene rings is 5. The first kappa shape index (κ1) is 26.2. The van der Waals surface area contributed by atoms with Crippen LogP contribution in [0.15, 0.2) is 115 Å². The molecule has 5 aromatic rings. The van der Waals surface area contributed by atoms with Crippen LogP contribution in [0.2, 0.25) is 0 Å². The van der Waals surface area contributed by atoms with Gasteiger partial charge >= 0.3 is 0 Å². The molecular weight excluding hydrogens is 470 g/mol. The van der Waals surface area contributed by atoms with Crippen molar-refractivity contribution in [2.45, 2.75) is 20.3 Å². The quantitative estimate of drug-likeness (QED) is 0.196. The van der Waals surface area contributed by atoms with Gasteiger partial charge in [-0.15, -0.1) is 0 Å². The molecule has 0 heterocycles. The number of carbonyl (C=O) groups excluding carboxylic acids is 3. The predicted molar refractivity (Wildman–Crippen MR) is 154 cm³/mol. The average molecular weight is 500 g/mol. The van der Waals surface area contributed by atoms with E-state index in [4.69, 9.17) is 0 Å². The summed E-state index contributed by atoms with van der Waals surface area (Å²) in [6.45, 7) is 3.93. The van der Waals surface area contributed by atoms with Crippen LogP contribution in [0.5, 0.6) is 0 Å². The summed E-state index contributed by atoms with van der Waals surface area (Å²) in [7, 11) is 0. The van der Waals surface area contributed by atoms with E-state index in [1.807, 2.05) is 111 Å². The number of ketones is 1. The van der Waals surface area contributed by atoms with Crippen molar-refractivity contribution in [1.29, 1.82) is 0 Å². The van der Waals surface area contributed by atoms with Crippen LogP contribution in [0.4, 0.5) is 5.69 Å². The van der Waals surface area contributed by atoms with Gasteiger partial charge in [-0.2, -0.15) is 0 Å². The smallest absolute Gasteiger partial charge is 0.256 e. The Bertz CT molecular complexity index is 1570. The van der Waals surface area contributed by atoms with Gasteiger partial charge in [0.1, 0.15) is 6.29 Å². The van der Waals surface area contributed by atoms with Gasteiger partial charge in [-0.1, -0.05) is 103 Å². The zero-order valence-electron chi connectivity index (χ0n) is 21.5. The maximum absolute atomic E-state index is 12.9. The topological polar surface area (TPSA) is 63.2 Å². The van der Waals surface area contributed by atoms with Crippen molar-refractivity contribution >= 4 is 34.4 Å². The molecule has 4 nitrogen and oxygen atoms in total. The molecule has 38 heavy (non-hydrogen) atoms. The van der Waals surface area contributed by atoms with Gasteiger partial charge in [0.2, 0.25) is 0 Å². The van der Waals surface area contributed by atoms with E-state index in [0.29, 0.717) is 28.8 Å². The van der Waals surface area contributed by atoms with Crippen LogP contribution in [0.25, 0.3) is 10.8 Å². The molecule has 1 N–H and O–H groups in total. The number of hydrogen-bond donors (Lipinski definition) is 1. The van der Waals surface area contributed by atoms with Crippen molar-refractivity contribution in [3.05, 3.63) is 149 Å². The molecule has 0 spiro atoms. The van der Waals surface area contributed by atoms with E-state index < -0.39 is 0 Å². The maximum Gasteiger partial charge on any atom is 0.256 e. The van der Waals surface area contributed by atoms with Crippen molar-refractivity contribution in [3.8, 4) is 0 Å². The molecule has 0 aliphatic heterocycles. The summed E-state index contributed by atoms with van der Waals surface area (Å²) in [5.41, 5.74) is 5.61. The van der Waals surface area contributed by atoms with Crippen LogP contribution in [0, 0.1) is 13.8 Å². The molecule has 0 radical (unpaired) electrons. The number of aldehydes is 1. The molecule has 0 bridgehead atoms. The SMILES string of the molecule is Cc1ccc(CC=O)cc1.Cc1ccc(NC(=O)c2cccc3ccccc23)cc1C(=O)c1ccccc1. The monoisotopic (exact) mass is 499 g/mol. The highest BCUT2D eigenvalue weighted by Gasteiger charge is 2.14. The normalized spacial score (nSPS) is 10.3. The molecule has 5 aromatic carbocycles. The highest BCUT2D eigenvalue weighted by molar-refractivity contribution is 6.14. The lowest BCUT2D eigenvalue weighted by molar-refractivity contribution is -0.107. The van der Waals surface area contributed by atoms with Crippen molar-refractivity contribution in [1.82, 2.24) is 0 Å². The number of fused-ring (bicyclic) bond motifs is 1. The van der Waals surface area contributed by atoms with E-state index in [1.54, 1.807) is 18.2 Å². The Kier molecular flexibility index (Phi) is 8.57. The number of rotatable bonds is 6. The number of anilines is 1. The van der Waals surface area contributed by atoms with Crippen LogP contribution in [-0.4, -0.2) is 18.0 Å². The summed E-state index contributed by atoms with van der Waals surface area (Å²) in [6, 6.07) is 36.0. The lowest BCUT2D eigenvalue weighted by Gasteiger charge is -2.11. The van der Waals surface area contributed by atoms with Gasteiger partial charge in [0, 0.05) is 28.8 Å². The zero-order chi connectivity index (χ0) is 26.9. The largest absolute Gasteiger partial charge is 0.322 e. The third kappa shape index (κ3) is 6.48. The fraction of sp³-hybridized carbons (Fsp3) is 0.0882. The molecule has 0 aliphatic rings. The molecule has 5 rings (SSSR count). The zero-order valence-corrected chi connectivity index (χ0v) is 21.5. The van der Waals surface area contributed by atoms with Crippen molar-refractivity contribution < 1.29 is 14.4 Å². The maximum atomic E-state index is 12.9. The molecule has 0 atom stereocenters. The van der Waals surface area contributed by atoms with Crippen LogP contribution in [-0.2, 0) is 11.2 Å². The third-order valence-electron chi connectivity index (χ3n) is 6.25. The first-order valence-electron chi connectivity index (χ1n) is 12.4. The average Bonchev–Trinajstić information content (AvgIpc) is 2.95. The second-order valence-electron chi connectivity index (χ2n) is 9.06. The highest BCUT2D eigenvalue weighted by Crippen LogP contribution is 2.22. The van der Waals surface area contributed by atoms with E-state index in [0.717, 1.165) is 28.2 Å². The molecule has 0 fully saturated rings. The third-order valence-corrected chi connectivity index (χ3v) is 6.25. The van der Waals surface area contributed by atoms with E-state index >= 15 is 0 Å². The Morgan fingerprint density at radius 3 is 2.13 bits per heavy atom. The molecule has 0 aliphatic carbocycles. The highest BCUT2D eigenvalue weighted by atomic mass is 16.1. The summed E-state index contributed by atoms with van der Waals surface area (Å²) in [5, 5.41) is 4.84. The Hall–Kier alpha value is -4.83. The van der Waals surface area contributed by atoms with Crippen molar-refractivity contribution in [3.63, 3.8) is 0 Å². The molecule has 1 amide bonds. The summed E-state index contributed by atoms with van der Waals surface area (Å²) in [4.78, 5) is 35.8. The van der Waals surface area contributed by atoms with Crippen LogP contribution in [0.3, 0.4) is 0 Å². The van der Waals surface area contributed by atoms with E-state index in [2.05, 4.69) is 5.32 Å². The van der Waals surface area contributed by atoms with Gasteiger partial charge in [-0.05, 0) is 53.9 Å². The Balaban J connectivity index is 0.000000283. The van der Waals surface area contributed by atoms with Crippen molar-refractivity contribution in [2.75, 3.05) is 5.32 Å². The standard InChI is InChI=1S/C25H19NO2.C9H10O/c1-17-14-15-20(16-23(17)24(27)19-9-3-2-4-10-19)26-25(28)22-13-7-11-18-8-5-6-12-21(18)22;1-8-2-4-9(5-3-8)6-7-10/h2-16H,1H3,(H,26,28);2-5,7H,6H2,1H3. The second-order valence-corrected chi connectivity index (χ2v) is 9.06. The van der Waals surface area contributed by atoms with E-state index in [1.165, 1.54) is 5.56 Å². The Morgan fingerprint density at radius 2 is 1.39 bits per heavy atom. The van der Waals surface area contributed by atoms with Crippen LogP contribution >= 0.6 is 0 Å². The summed E-state index contributed by atoms with van der Waals surface area (Å²) in [5.74, 6) is -0.252. The molecular formula is C34H29NO3. The second kappa shape index (κ2) is 12.4. The summed E-state index contributed by atoms with van der Waals surface area (Å²) >= 11 is 0. The number of amides is 1. The minimum absolute atomic E-state index is 0.0561. The summed E-state index contributed by atoms with van der Waals surface area (Å²) in [6.07, 6.45) is 1.45. The summed E-state index contributed by atoms with van der Waals surface area (Å²) < 4.78 is 0. The Labute approximate surface area is 223 Å². The fourth-order valence-corrected chi connectivity index (χ4v) is 4.13. The van der Waals surface area contributed by atoms with Gasteiger partial charge in [0.15, 0.2) is 5.78 Å². The lowest BCUT2D eigenvalue weighted by atomic mass is 9.98. The molecule has 0 saturated carbocycles. The fourth-order valence-electron chi connectivity index (χ4n) is 4.13. The van der Waals surface area contributed by atoms with Gasteiger partial charge in [0.25, 0.3) is 5.91 Å². The first-order chi connectivity index (χ1) is 18.5. The van der Waals surface area contributed by atoms with Gasteiger partial charge in [-0.3, -0.25) is 9.59 Å². The van der Waals surface area contributed by atoms with Crippen molar-refractivity contribution in [2.24, 2.45) is 0 Å². The molecule has 4 heteroatoms. The van der Waals surface area contributed by atoms with E-state index in [9.17, 15) is 14.4 Å². The minimum atomic E-state index is -0.196. The van der Waals surface area contributed by atoms with Crippen LogP contribution < -0.4 is 5.32 Å². The predicted octanol–water partition coefficient (Wildman–Crippen LogP) is 7.37. The number of hydrogen-bond acceptors (Lipinski definition) is 3. The molecule has 188 valence electrons. The molecule has 0 unspecified atom stereocenters. The lowest BCUT2D eigenvalue weighted by Crippen LogP contribution is -2.13. The molecule has 0 saturated heterocycles. The van der Waals surface area contributed by atoms with Gasteiger partial charge in [-0.25, -0.2) is 0 Å². The number of aryl methyl sites for hydroxylation is 2. The molecule has 0 aromatic heterocycles. The Morgan fingerprint density at radius 1 is 0.711 bits per heavy atom. The van der Waals surface area contributed by atoms with Crippen LogP contribution in [0.1, 0.15) is 43.0 Å². The first-order valence-corrected chi connectivity index (χ1v) is 12.4. The number of nitrogens with one attached hydrogen (secondary N) is 1.